The average molecular weight is 378 g/mol. The lowest BCUT2D eigenvalue weighted by Gasteiger charge is -2.05. The van der Waals surface area contributed by atoms with E-state index >= 15 is 0 Å². The molecule has 0 spiro atoms. The van der Waals surface area contributed by atoms with Crippen LogP contribution in [0.5, 0.6) is 0 Å². The first kappa shape index (κ1) is 18.4. The third kappa shape index (κ3) is 4.59. The molecule has 0 aliphatic carbocycles. The summed E-state index contributed by atoms with van der Waals surface area (Å²) in [6.07, 6.45) is 2.27. The number of aryl methyl sites for hydroxylation is 1. The number of benzene rings is 1. The fourth-order valence-electron chi connectivity index (χ4n) is 2.59. The number of nitrogens with one attached hydrogen (secondary N) is 1. The fourth-order valence-corrected chi connectivity index (χ4v) is 4.73. The van der Waals surface area contributed by atoms with Gasteiger partial charge in [0, 0.05) is 12.3 Å². The molecule has 3 rings (SSSR count). The van der Waals surface area contributed by atoms with Crippen LogP contribution in [0.2, 0.25) is 0 Å². The van der Waals surface area contributed by atoms with Gasteiger partial charge < -0.3 is 10.4 Å². The van der Waals surface area contributed by atoms with E-state index in [1.165, 1.54) is 16.7 Å². The zero-order valence-corrected chi connectivity index (χ0v) is 16.1. The highest BCUT2D eigenvalue weighted by Crippen LogP contribution is 2.30. The molecular formula is C18H23N3O2S2. The third-order valence-electron chi connectivity index (χ3n) is 4.01. The minimum Gasteiger partial charge on any atom is -0.395 e. The van der Waals surface area contributed by atoms with Gasteiger partial charge in [-0.25, -0.2) is 4.98 Å². The van der Waals surface area contributed by atoms with Crippen molar-refractivity contribution in [3.05, 3.63) is 28.8 Å². The second-order valence-electron chi connectivity index (χ2n) is 6.53. The molecule has 1 atom stereocenters. The normalized spacial score (nSPS) is 17.3. The molecule has 134 valence electrons. The molecular weight excluding hydrogens is 354 g/mol. The number of hydrogen-bond donors (Lipinski definition) is 2. The van der Waals surface area contributed by atoms with Crippen LogP contribution in [0, 0.1) is 5.92 Å². The molecule has 1 aromatic carbocycles. The number of aromatic nitrogens is 1. The number of carbonyl (C=O) groups is 1. The quantitative estimate of drug-likeness (QED) is 0.778. The predicted molar refractivity (Wildman–Crippen MR) is 106 cm³/mol. The molecule has 25 heavy (non-hydrogen) atoms. The van der Waals surface area contributed by atoms with Gasteiger partial charge in [0.1, 0.15) is 16.1 Å². The number of aliphatic hydroxyl groups is 1. The summed E-state index contributed by atoms with van der Waals surface area (Å²) >= 11 is 3.21. The Kier molecular flexibility index (Phi) is 6.09. The molecule has 2 heterocycles. The molecule has 1 aromatic heterocycles. The van der Waals surface area contributed by atoms with Crippen LogP contribution in [0.15, 0.2) is 23.2 Å². The first-order chi connectivity index (χ1) is 12.1. The number of aliphatic hydroxyl groups excluding tert-OH is 1. The van der Waals surface area contributed by atoms with Gasteiger partial charge in [-0.05, 0) is 36.5 Å². The van der Waals surface area contributed by atoms with Crippen LogP contribution in [0.1, 0.15) is 30.8 Å². The first-order valence-electron chi connectivity index (χ1n) is 8.56. The van der Waals surface area contributed by atoms with E-state index in [4.69, 9.17) is 5.11 Å². The summed E-state index contributed by atoms with van der Waals surface area (Å²) in [5.74, 6) is 1.20. The fraction of sp³-hybridized carbons (Fsp3) is 0.500. The van der Waals surface area contributed by atoms with Crippen LogP contribution in [0.25, 0.3) is 10.2 Å². The molecule has 2 N–H and O–H groups in total. The highest BCUT2D eigenvalue weighted by molar-refractivity contribution is 8.15. The van der Waals surface area contributed by atoms with Crippen molar-refractivity contribution >= 4 is 44.3 Å². The largest absolute Gasteiger partial charge is 0.395 e. The number of aliphatic imine (C=N–C) groups is 1. The first-order valence-corrected chi connectivity index (χ1v) is 10.4. The van der Waals surface area contributed by atoms with Crippen molar-refractivity contribution in [3.63, 3.8) is 0 Å². The standard InChI is InChI=1S/C18H23N3O2S2/c1-11(2)3-4-12-5-6-13-15(9-12)25-18(20-13)17-21-14(10-24-17)16(23)19-7-8-22/h5-6,9,11,14,22H,3-4,7-8,10H2,1-2H3,(H,19,23)/t14-/m1/s1. The summed E-state index contributed by atoms with van der Waals surface area (Å²) < 4.78 is 1.17. The minimum atomic E-state index is -0.389. The molecule has 0 saturated carbocycles. The number of carbonyl (C=O) groups excluding carboxylic acids is 1. The van der Waals surface area contributed by atoms with Crippen LogP contribution < -0.4 is 5.32 Å². The lowest BCUT2D eigenvalue weighted by atomic mass is 10.0. The van der Waals surface area contributed by atoms with Gasteiger partial charge in [-0.2, -0.15) is 0 Å². The Balaban J connectivity index is 1.74. The van der Waals surface area contributed by atoms with Gasteiger partial charge >= 0.3 is 0 Å². The van der Waals surface area contributed by atoms with Crippen LogP contribution in [-0.2, 0) is 11.2 Å². The SMILES string of the molecule is CC(C)CCc1ccc2nc(C3=N[C@@H](C(=O)NCCO)CS3)sc2c1. The van der Waals surface area contributed by atoms with Crippen LogP contribution in [0.4, 0.5) is 0 Å². The summed E-state index contributed by atoms with van der Waals surface area (Å²) in [6.45, 7) is 4.70. The predicted octanol–water partition coefficient (Wildman–Crippen LogP) is 2.86. The van der Waals surface area contributed by atoms with Gasteiger partial charge in [0.2, 0.25) is 5.91 Å². The van der Waals surface area contributed by atoms with Gasteiger partial charge in [-0.1, -0.05) is 19.9 Å². The zero-order valence-electron chi connectivity index (χ0n) is 14.5. The van der Waals surface area contributed by atoms with E-state index in [1.807, 2.05) is 0 Å². The molecule has 0 bridgehead atoms. The Hall–Kier alpha value is -1.44. The van der Waals surface area contributed by atoms with E-state index in [2.05, 4.69) is 47.3 Å². The van der Waals surface area contributed by atoms with Crippen LogP contribution in [-0.4, -0.2) is 46.0 Å². The van der Waals surface area contributed by atoms with Crippen molar-refractivity contribution in [2.24, 2.45) is 10.9 Å². The monoisotopic (exact) mass is 377 g/mol. The maximum Gasteiger partial charge on any atom is 0.245 e. The van der Waals surface area contributed by atoms with Crippen molar-refractivity contribution < 1.29 is 9.90 Å². The van der Waals surface area contributed by atoms with Crippen molar-refractivity contribution in [2.75, 3.05) is 18.9 Å². The van der Waals surface area contributed by atoms with Gasteiger partial charge in [0.05, 0.1) is 16.8 Å². The number of thiazole rings is 1. The van der Waals surface area contributed by atoms with Crippen LogP contribution >= 0.6 is 23.1 Å². The molecule has 2 aromatic rings. The summed E-state index contributed by atoms with van der Waals surface area (Å²) in [4.78, 5) is 21.2. The van der Waals surface area contributed by atoms with Gasteiger partial charge in [-0.15, -0.1) is 23.1 Å². The van der Waals surface area contributed by atoms with Gasteiger partial charge in [0.15, 0.2) is 0 Å². The molecule has 1 aliphatic rings. The third-order valence-corrected chi connectivity index (χ3v) is 6.22. The lowest BCUT2D eigenvalue weighted by Crippen LogP contribution is -2.35. The van der Waals surface area contributed by atoms with Crippen LogP contribution in [0.3, 0.4) is 0 Å². The van der Waals surface area contributed by atoms with Crippen molar-refractivity contribution in [2.45, 2.75) is 32.7 Å². The number of nitrogens with zero attached hydrogens (tertiary/aromatic N) is 2. The molecule has 7 heteroatoms. The van der Waals surface area contributed by atoms with Crippen molar-refractivity contribution in [1.82, 2.24) is 10.3 Å². The number of thioether (sulfide) groups is 1. The van der Waals surface area contributed by atoms with E-state index in [1.54, 1.807) is 23.1 Å². The molecule has 0 unspecified atom stereocenters. The summed E-state index contributed by atoms with van der Waals surface area (Å²) in [5, 5.41) is 13.2. The number of hydrogen-bond acceptors (Lipinski definition) is 6. The summed E-state index contributed by atoms with van der Waals surface area (Å²) in [6, 6.07) is 6.07. The van der Waals surface area contributed by atoms with E-state index in [-0.39, 0.29) is 25.1 Å². The Morgan fingerprint density at radius 3 is 3.04 bits per heavy atom. The molecule has 0 radical (unpaired) electrons. The lowest BCUT2D eigenvalue weighted by molar-refractivity contribution is -0.121. The average Bonchev–Trinajstić information content (AvgIpc) is 3.23. The second kappa shape index (κ2) is 8.29. The number of amides is 1. The topological polar surface area (TPSA) is 74.6 Å². The minimum absolute atomic E-state index is 0.0564. The maximum atomic E-state index is 12.0. The Morgan fingerprint density at radius 2 is 2.28 bits per heavy atom. The second-order valence-corrected chi connectivity index (χ2v) is 8.57. The van der Waals surface area contributed by atoms with E-state index in [0.717, 1.165) is 22.0 Å². The Bertz CT molecular complexity index is 786. The van der Waals surface area contributed by atoms with E-state index < -0.39 is 0 Å². The highest BCUT2D eigenvalue weighted by atomic mass is 32.2. The Labute approximate surface area is 156 Å². The molecule has 1 amide bonds. The van der Waals surface area contributed by atoms with Crippen molar-refractivity contribution in [3.8, 4) is 0 Å². The molecule has 0 fully saturated rings. The number of fused-ring (bicyclic) bond motifs is 1. The molecule has 1 aliphatic heterocycles. The highest BCUT2D eigenvalue weighted by Gasteiger charge is 2.27. The molecule has 5 nitrogen and oxygen atoms in total. The van der Waals surface area contributed by atoms with Crippen molar-refractivity contribution in [1.29, 1.82) is 0 Å². The number of rotatable bonds is 7. The summed E-state index contributed by atoms with van der Waals surface area (Å²) in [7, 11) is 0. The smallest absolute Gasteiger partial charge is 0.245 e. The summed E-state index contributed by atoms with van der Waals surface area (Å²) in [5.41, 5.74) is 2.34. The van der Waals surface area contributed by atoms with Gasteiger partial charge in [0.25, 0.3) is 0 Å². The molecule has 0 saturated heterocycles. The van der Waals surface area contributed by atoms with Gasteiger partial charge in [-0.3, -0.25) is 9.79 Å². The zero-order chi connectivity index (χ0) is 17.8. The van der Waals surface area contributed by atoms with E-state index in [0.29, 0.717) is 11.7 Å². The Morgan fingerprint density at radius 1 is 1.44 bits per heavy atom. The van der Waals surface area contributed by atoms with E-state index in [9.17, 15) is 4.79 Å². The maximum absolute atomic E-state index is 12.0.